The lowest BCUT2D eigenvalue weighted by Crippen LogP contribution is -2.20. The minimum atomic E-state index is 0.229. The highest BCUT2D eigenvalue weighted by Crippen LogP contribution is 2.30. The van der Waals surface area contributed by atoms with E-state index in [1.165, 1.54) is 33.4 Å². The van der Waals surface area contributed by atoms with Crippen LogP contribution in [0.5, 0.6) is 0 Å². The van der Waals surface area contributed by atoms with E-state index in [0.29, 0.717) is 0 Å². The van der Waals surface area contributed by atoms with Crippen LogP contribution in [0.25, 0.3) is 0 Å². The molecule has 0 spiro atoms. The summed E-state index contributed by atoms with van der Waals surface area (Å²) in [4.78, 5) is 0. The smallest absolute Gasteiger partial charge is 0.0580 e. The standard InChI is InChI=1S/C18H22BrN/c1-11-6-13(3)17(14(4)7-11)18(20-5)15-8-12(2)9-16(19)10-15/h6-10,18,20H,1-5H3. The van der Waals surface area contributed by atoms with Gasteiger partial charge in [0.1, 0.15) is 0 Å². The van der Waals surface area contributed by atoms with Crippen molar-refractivity contribution in [3.8, 4) is 0 Å². The molecule has 0 fully saturated rings. The Morgan fingerprint density at radius 1 is 0.850 bits per heavy atom. The van der Waals surface area contributed by atoms with Crippen LogP contribution < -0.4 is 5.32 Å². The molecule has 20 heavy (non-hydrogen) atoms. The van der Waals surface area contributed by atoms with Gasteiger partial charge in [0, 0.05) is 4.47 Å². The van der Waals surface area contributed by atoms with Gasteiger partial charge in [-0.05, 0) is 74.7 Å². The third kappa shape index (κ3) is 3.13. The molecule has 2 aromatic rings. The van der Waals surface area contributed by atoms with Gasteiger partial charge in [-0.3, -0.25) is 0 Å². The Hall–Kier alpha value is -1.12. The van der Waals surface area contributed by atoms with Crippen molar-refractivity contribution in [2.45, 2.75) is 33.7 Å². The predicted octanol–water partition coefficient (Wildman–Crippen LogP) is 4.99. The largest absolute Gasteiger partial charge is 0.309 e. The van der Waals surface area contributed by atoms with Gasteiger partial charge >= 0.3 is 0 Å². The van der Waals surface area contributed by atoms with Gasteiger partial charge in [0.15, 0.2) is 0 Å². The Morgan fingerprint density at radius 2 is 1.40 bits per heavy atom. The number of nitrogens with one attached hydrogen (secondary N) is 1. The Balaban J connectivity index is 2.58. The molecule has 2 aromatic carbocycles. The number of rotatable bonds is 3. The first kappa shape index (κ1) is 15.3. The van der Waals surface area contributed by atoms with Crippen molar-refractivity contribution in [2.75, 3.05) is 7.05 Å². The molecule has 106 valence electrons. The Bertz CT molecular complexity index is 588. The van der Waals surface area contributed by atoms with E-state index in [1.807, 2.05) is 7.05 Å². The molecule has 1 N–H and O–H groups in total. The fourth-order valence-corrected chi connectivity index (χ4v) is 3.68. The van der Waals surface area contributed by atoms with Crippen molar-refractivity contribution >= 4 is 15.9 Å². The quantitative estimate of drug-likeness (QED) is 0.835. The van der Waals surface area contributed by atoms with Gasteiger partial charge in [-0.2, -0.15) is 0 Å². The van der Waals surface area contributed by atoms with Crippen LogP contribution in [0.15, 0.2) is 34.8 Å². The summed E-state index contributed by atoms with van der Waals surface area (Å²) in [6, 6.07) is 11.4. The maximum Gasteiger partial charge on any atom is 0.0580 e. The molecule has 2 rings (SSSR count). The Kier molecular flexibility index (Phi) is 4.66. The van der Waals surface area contributed by atoms with Crippen molar-refractivity contribution in [3.05, 3.63) is 68.2 Å². The highest BCUT2D eigenvalue weighted by atomic mass is 79.9. The SMILES string of the molecule is CNC(c1cc(C)cc(Br)c1)c1c(C)cc(C)cc1C. The Labute approximate surface area is 130 Å². The predicted molar refractivity (Wildman–Crippen MR) is 90.4 cm³/mol. The van der Waals surface area contributed by atoms with Gasteiger partial charge in [-0.25, -0.2) is 0 Å². The monoisotopic (exact) mass is 331 g/mol. The van der Waals surface area contributed by atoms with Crippen LogP contribution in [-0.4, -0.2) is 7.05 Å². The third-order valence-electron chi connectivity index (χ3n) is 3.71. The summed E-state index contributed by atoms with van der Waals surface area (Å²) in [5, 5.41) is 3.47. The summed E-state index contributed by atoms with van der Waals surface area (Å²) in [5.41, 5.74) is 7.98. The molecule has 1 unspecified atom stereocenters. The molecular formula is C18H22BrN. The number of benzene rings is 2. The topological polar surface area (TPSA) is 12.0 Å². The first-order chi connectivity index (χ1) is 9.42. The lowest BCUT2D eigenvalue weighted by molar-refractivity contribution is 0.682. The average molecular weight is 332 g/mol. The number of hydrogen-bond donors (Lipinski definition) is 1. The van der Waals surface area contributed by atoms with E-state index >= 15 is 0 Å². The highest BCUT2D eigenvalue weighted by molar-refractivity contribution is 9.10. The molecule has 1 atom stereocenters. The summed E-state index contributed by atoms with van der Waals surface area (Å²) < 4.78 is 1.13. The highest BCUT2D eigenvalue weighted by Gasteiger charge is 2.17. The lowest BCUT2D eigenvalue weighted by atomic mass is 9.89. The van der Waals surface area contributed by atoms with Gasteiger partial charge < -0.3 is 5.32 Å². The zero-order valence-electron chi connectivity index (χ0n) is 12.8. The zero-order valence-corrected chi connectivity index (χ0v) is 14.4. The number of hydrogen-bond acceptors (Lipinski definition) is 1. The molecule has 0 amide bonds. The van der Waals surface area contributed by atoms with E-state index in [-0.39, 0.29) is 6.04 Å². The van der Waals surface area contributed by atoms with E-state index < -0.39 is 0 Å². The van der Waals surface area contributed by atoms with E-state index in [2.05, 4.69) is 79.3 Å². The van der Waals surface area contributed by atoms with Crippen LogP contribution in [0.2, 0.25) is 0 Å². The zero-order chi connectivity index (χ0) is 14.9. The van der Waals surface area contributed by atoms with E-state index in [0.717, 1.165) is 4.47 Å². The normalized spacial score (nSPS) is 12.5. The van der Waals surface area contributed by atoms with Gasteiger partial charge in [0.05, 0.1) is 6.04 Å². The second kappa shape index (κ2) is 6.11. The fourth-order valence-electron chi connectivity index (χ4n) is 3.06. The van der Waals surface area contributed by atoms with Crippen molar-refractivity contribution in [3.63, 3.8) is 0 Å². The van der Waals surface area contributed by atoms with Crippen molar-refractivity contribution in [1.82, 2.24) is 5.32 Å². The maximum atomic E-state index is 3.60. The van der Waals surface area contributed by atoms with E-state index in [9.17, 15) is 0 Å². The van der Waals surface area contributed by atoms with Gasteiger partial charge in [-0.1, -0.05) is 39.7 Å². The molecule has 0 aliphatic carbocycles. The fraction of sp³-hybridized carbons (Fsp3) is 0.333. The molecule has 0 bridgehead atoms. The molecule has 0 aromatic heterocycles. The molecule has 0 aliphatic rings. The van der Waals surface area contributed by atoms with Crippen LogP contribution in [0.4, 0.5) is 0 Å². The molecule has 0 saturated carbocycles. The number of aryl methyl sites for hydroxylation is 4. The molecule has 1 nitrogen and oxygen atoms in total. The second-order valence-corrected chi connectivity index (χ2v) is 6.51. The summed E-state index contributed by atoms with van der Waals surface area (Å²) in [6.07, 6.45) is 0. The summed E-state index contributed by atoms with van der Waals surface area (Å²) in [7, 11) is 2.03. The van der Waals surface area contributed by atoms with Crippen LogP contribution in [-0.2, 0) is 0 Å². The first-order valence-corrected chi connectivity index (χ1v) is 7.73. The lowest BCUT2D eigenvalue weighted by Gasteiger charge is -2.23. The van der Waals surface area contributed by atoms with Gasteiger partial charge in [0.2, 0.25) is 0 Å². The Morgan fingerprint density at radius 3 is 1.90 bits per heavy atom. The minimum absolute atomic E-state index is 0.229. The molecule has 0 heterocycles. The van der Waals surface area contributed by atoms with Crippen LogP contribution in [0.3, 0.4) is 0 Å². The molecule has 0 radical (unpaired) electrons. The summed E-state index contributed by atoms with van der Waals surface area (Å²) in [5.74, 6) is 0. The first-order valence-electron chi connectivity index (χ1n) is 6.94. The summed E-state index contributed by atoms with van der Waals surface area (Å²) >= 11 is 3.60. The van der Waals surface area contributed by atoms with Gasteiger partial charge in [0.25, 0.3) is 0 Å². The van der Waals surface area contributed by atoms with E-state index in [1.54, 1.807) is 0 Å². The van der Waals surface area contributed by atoms with Crippen molar-refractivity contribution in [1.29, 1.82) is 0 Å². The molecular weight excluding hydrogens is 310 g/mol. The molecule has 2 heteroatoms. The number of halogens is 1. The molecule has 0 aliphatic heterocycles. The van der Waals surface area contributed by atoms with Crippen LogP contribution in [0, 0.1) is 27.7 Å². The van der Waals surface area contributed by atoms with Crippen LogP contribution >= 0.6 is 15.9 Å². The van der Waals surface area contributed by atoms with Crippen LogP contribution in [0.1, 0.15) is 39.4 Å². The second-order valence-electron chi connectivity index (χ2n) is 5.60. The maximum absolute atomic E-state index is 3.60. The minimum Gasteiger partial charge on any atom is -0.309 e. The summed E-state index contributed by atoms with van der Waals surface area (Å²) in [6.45, 7) is 8.69. The van der Waals surface area contributed by atoms with Crippen molar-refractivity contribution in [2.24, 2.45) is 0 Å². The van der Waals surface area contributed by atoms with Gasteiger partial charge in [-0.15, -0.1) is 0 Å². The third-order valence-corrected chi connectivity index (χ3v) is 4.17. The average Bonchev–Trinajstić information content (AvgIpc) is 2.32. The van der Waals surface area contributed by atoms with Crippen molar-refractivity contribution < 1.29 is 0 Å². The van der Waals surface area contributed by atoms with E-state index in [4.69, 9.17) is 0 Å². The molecule has 0 saturated heterocycles.